The minimum Gasteiger partial charge on any atom is -0.396 e. The van der Waals surface area contributed by atoms with Crippen molar-refractivity contribution in [3.05, 3.63) is 0 Å². The Balaban J connectivity index is 2.38. The average molecular weight is 227 g/mol. The normalized spacial score (nSPS) is 26.5. The van der Waals surface area contributed by atoms with Gasteiger partial charge in [0.1, 0.15) is 0 Å². The third-order valence-electron chi connectivity index (χ3n) is 3.51. The van der Waals surface area contributed by atoms with Crippen LogP contribution in [0.5, 0.6) is 0 Å². The standard InChI is InChI=1S/C13H25NO2/c1-13(2,3)12(16)14-8-10-6-4-5-7-11(10)9-15/h10-11,15H,4-9H2,1-3H3,(H,14,16). The Morgan fingerprint density at radius 2 is 1.81 bits per heavy atom. The summed E-state index contributed by atoms with van der Waals surface area (Å²) in [7, 11) is 0. The second kappa shape index (κ2) is 5.67. The molecule has 1 fully saturated rings. The molecule has 0 spiro atoms. The molecule has 1 aliphatic carbocycles. The molecule has 1 saturated carbocycles. The smallest absolute Gasteiger partial charge is 0.225 e. The highest BCUT2D eigenvalue weighted by Gasteiger charge is 2.27. The quantitative estimate of drug-likeness (QED) is 0.774. The van der Waals surface area contributed by atoms with Crippen molar-refractivity contribution in [3.63, 3.8) is 0 Å². The zero-order valence-electron chi connectivity index (χ0n) is 10.8. The lowest BCUT2D eigenvalue weighted by Gasteiger charge is -2.31. The van der Waals surface area contributed by atoms with Crippen LogP contribution in [-0.2, 0) is 4.79 Å². The lowest BCUT2D eigenvalue weighted by Crippen LogP contribution is -2.40. The van der Waals surface area contributed by atoms with Crippen LogP contribution in [-0.4, -0.2) is 24.2 Å². The topological polar surface area (TPSA) is 49.3 Å². The van der Waals surface area contributed by atoms with Crippen molar-refractivity contribution in [3.8, 4) is 0 Å². The van der Waals surface area contributed by atoms with Crippen LogP contribution >= 0.6 is 0 Å². The fourth-order valence-corrected chi connectivity index (χ4v) is 2.28. The molecule has 0 bridgehead atoms. The number of aliphatic hydroxyl groups excluding tert-OH is 1. The van der Waals surface area contributed by atoms with Crippen LogP contribution in [0.4, 0.5) is 0 Å². The third-order valence-corrected chi connectivity index (χ3v) is 3.51. The van der Waals surface area contributed by atoms with Crippen LogP contribution < -0.4 is 5.32 Å². The van der Waals surface area contributed by atoms with Gasteiger partial charge in [-0.05, 0) is 24.7 Å². The van der Waals surface area contributed by atoms with Gasteiger partial charge in [-0.15, -0.1) is 0 Å². The molecule has 0 aromatic heterocycles. The fourth-order valence-electron chi connectivity index (χ4n) is 2.28. The molecule has 3 heteroatoms. The minimum atomic E-state index is -0.316. The van der Waals surface area contributed by atoms with Gasteiger partial charge in [0.15, 0.2) is 0 Å². The largest absolute Gasteiger partial charge is 0.396 e. The molecule has 2 N–H and O–H groups in total. The molecule has 0 radical (unpaired) electrons. The Morgan fingerprint density at radius 3 is 2.31 bits per heavy atom. The maximum Gasteiger partial charge on any atom is 0.225 e. The summed E-state index contributed by atoms with van der Waals surface area (Å²) in [6.45, 7) is 6.75. The second-order valence-corrected chi connectivity index (χ2v) is 5.95. The zero-order chi connectivity index (χ0) is 12.2. The summed E-state index contributed by atoms with van der Waals surface area (Å²) < 4.78 is 0. The van der Waals surface area contributed by atoms with Gasteiger partial charge < -0.3 is 10.4 Å². The van der Waals surface area contributed by atoms with Gasteiger partial charge in [-0.3, -0.25) is 4.79 Å². The lowest BCUT2D eigenvalue weighted by molar-refractivity contribution is -0.128. The van der Waals surface area contributed by atoms with Gasteiger partial charge in [-0.25, -0.2) is 0 Å². The first-order chi connectivity index (χ1) is 7.45. The summed E-state index contributed by atoms with van der Waals surface area (Å²) in [4.78, 5) is 11.7. The van der Waals surface area contributed by atoms with Crippen LogP contribution in [0.1, 0.15) is 46.5 Å². The number of hydrogen-bond acceptors (Lipinski definition) is 2. The van der Waals surface area contributed by atoms with E-state index in [4.69, 9.17) is 0 Å². The highest BCUT2D eigenvalue weighted by atomic mass is 16.3. The van der Waals surface area contributed by atoms with Crippen LogP contribution in [0.2, 0.25) is 0 Å². The van der Waals surface area contributed by atoms with Crippen LogP contribution in [0.3, 0.4) is 0 Å². The number of rotatable bonds is 3. The molecule has 1 amide bonds. The van der Waals surface area contributed by atoms with Crippen molar-refractivity contribution in [2.75, 3.05) is 13.2 Å². The van der Waals surface area contributed by atoms with E-state index in [2.05, 4.69) is 5.32 Å². The lowest BCUT2D eigenvalue weighted by atomic mass is 9.79. The maximum atomic E-state index is 11.7. The Kier molecular flexibility index (Phi) is 4.78. The molecule has 0 aliphatic heterocycles. The van der Waals surface area contributed by atoms with Crippen molar-refractivity contribution in [2.24, 2.45) is 17.3 Å². The summed E-state index contributed by atoms with van der Waals surface area (Å²) in [6, 6.07) is 0. The third kappa shape index (κ3) is 3.78. The molecule has 0 aromatic rings. The number of nitrogens with one attached hydrogen (secondary N) is 1. The molecule has 2 unspecified atom stereocenters. The van der Waals surface area contributed by atoms with E-state index in [1.54, 1.807) is 0 Å². The molecule has 0 heterocycles. The van der Waals surface area contributed by atoms with E-state index in [0.29, 0.717) is 11.8 Å². The van der Waals surface area contributed by atoms with Gasteiger partial charge in [0.05, 0.1) is 0 Å². The SMILES string of the molecule is CC(C)(C)C(=O)NCC1CCCCC1CO. The summed E-state index contributed by atoms with van der Waals surface area (Å²) in [5.74, 6) is 0.953. The summed E-state index contributed by atoms with van der Waals surface area (Å²) >= 11 is 0. The Morgan fingerprint density at radius 1 is 1.25 bits per heavy atom. The first kappa shape index (κ1) is 13.5. The monoisotopic (exact) mass is 227 g/mol. The van der Waals surface area contributed by atoms with Gasteiger partial charge in [0.2, 0.25) is 5.91 Å². The zero-order valence-corrected chi connectivity index (χ0v) is 10.8. The average Bonchev–Trinajstić information content (AvgIpc) is 2.24. The number of carbonyl (C=O) groups excluding carboxylic acids is 1. The minimum absolute atomic E-state index is 0.106. The Labute approximate surface area is 98.6 Å². The predicted molar refractivity (Wildman–Crippen MR) is 65.0 cm³/mol. The van der Waals surface area contributed by atoms with E-state index in [9.17, 15) is 9.90 Å². The fraction of sp³-hybridized carbons (Fsp3) is 0.923. The molecule has 0 saturated heterocycles. The van der Waals surface area contributed by atoms with Crippen molar-refractivity contribution in [2.45, 2.75) is 46.5 Å². The molecule has 94 valence electrons. The van der Waals surface area contributed by atoms with Gasteiger partial charge in [-0.2, -0.15) is 0 Å². The Bertz CT molecular complexity index is 233. The van der Waals surface area contributed by atoms with Crippen LogP contribution in [0, 0.1) is 17.3 Å². The van der Waals surface area contributed by atoms with E-state index in [-0.39, 0.29) is 17.9 Å². The first-order valence-electron chi connectivity index (χ1n) is 6.34. The maximum absolute atomic E-state index is 11.7. The molecule has 2 atom stereocenters. The summed E-state index contributed by atoms with van der Waals surface area (Å²) in [6.07, 6.45) is 4.68. The van der Waals surface area contributed by atoms with E-state index in [0.717, 1.165) is 19.4 Å². The number of hydrogen-bond donors (Lipinski definition) is 2. The molecule has 0 aromatic carbocycles. The first-order valence-corrected chi connectivity index (χ1v) is 6.34. The second-order valence-electron chi connectivity index (χ2n) is 5.95. The van der Waals surface area contributed by atoms with Crippen LogP contribution in [0.25, 0.3) is 0 Å². The van der Waals surface area contributed by atoms with E-state index >= 15 is 0 Å². The van der Waals surface area contributed by atoms with Crippen molar-refractivity contribution in [1.29, 1.82) is 0 Å². The van der Waals surface area contributed by atoms with Crippen molar-refractivity contribution < 1.29 is 9.90 Å². The van der Waals surface area contributed by atoms with Gasteiger partial charge >= 0.3 is 0 Å². The summed E-state index contributed by atoms with van der Waals surface area (Å²) in [5, 5.41) is 12.3. The van der Waals surface area contributed by atoms with Gasteiger partial charge in [-0.1, -0.05) is 33.6 Å². The number of amides is 1. The molecular formula is C13H25NO2. The molecule has 1 rings (SSSR count). The predicted octanol–water partition coefficient (Wildman–Crippen LogP) is 1.95. The highest BCUT2D eigenvalue weighted by molar-refractivity contribution is 5.81. The van der Waals surface area contributed by atoms with Gasteiger partial charge in [0, 0.05) is 18.6 Å². The highest BCUT2D eigenvalue weighted by Crippen LogP contribution is 2.29. The van der Waals surface area contributed by atoms with E-state index in [1.165, 1.54) is 12.8 Å². The van der Waals surface area contributed by atoms with E-state index in [1.807, 2.05) is 20.8 Å². The molecule has 3 nitrogen and oxygen atoms in total. The van der Waals surface area contributed by atoms with E-state index < -0.39 is 0 Å². The number of carbonyl (C=O) groups is 1. The molecule has 16 heavy (non-hydrogen) atoms. The van der Waals surface area contributed by atoms with Gasteiger partial charge in [0.25, 0.3) is 0 Å². The number of aliphatic hydroxyl groups is 1. The van der Waals surface area contributed by atoms with Crippen LogP contribution in [0.15, 0.2) is 0 Å². The van der Waals surface area contributed by atoms with Crippen molar-refractivity contribution >= 4 is 5.91 Å². The molecular weight excluding hydrogens is 202 g/mol. The van der Waals surface area contributed by atoms with Crippen molar-refractivity contribution in [1.82, 2.24) is 5.32 Å². The molecule has 1 aliphatic rings. The Hall–Kier alpha value is -0.570. The summed E-state index contributed by atoms with van der Waals surface area (Å²) in [5.41, 5.74) is -0.316.